The molecule has 1 aromatic heterocycles. The summed E-state index contributed by atoms with van der Waals surface area (Å²) in [5.74, 6) is -1.60. The molecule has 18 heavy (non-hydrogen) atoms. The number of halogens is 3. The van der Waals surface area contributed by atoms with Gasteiger partial charge in [0, 0.05) is 18.9 Å². The van der Waals surface area contributed by atoms with Gasteiger partial charge in [-0.2, -0.15) is 13.2 Å². The Morgan fingerprint density at radius 3 is 2.72 bits per heavy atom. The third-order valence-corrected chi connectivity index (χ3v) is 2.82. The number of nitrogens with zero attached hydrogens (tertiary/aromatic N) is 2. The van der Waals surface area contributed by atoms with Gasteiger partial charge in [-0.05, 0) is 0 Å². The van der Waals surface area contributed by atoms with E-state index in [2.05, 4.69) is 9.72 Å². The molecule has 0 bridgehead atoms. The summed E-state index contributed by atoms with van der Waals surface area (Å²) in [7, 11) is 1.20. The van der Waals surface area contributed by atoms with E-state index in [9.17, 15) is 18.0 Å². The zero-order valence-corrected chi connectivity index (χ0v) is 9.53. The molecule has 0 unspecified atom stereocenters. The summed E-state index contributed by atoms with van der Waals surface area (Å²) in [6.45, 7) is -0.0567. The third kappa shape index (κ3) is 2.07. The fourth-order valence-corrected chi connectivity index (χ4v) is 1.86. The van der Waals surface area contributed by atoms with E-state index in [1.165, 1.54) is 13.3 Å². The second-order valence-corrected chi connectivity index (χ2v) is 4.14. The van der Waals surface area contributed by atoms with E-state index < -0.39 is 23.4 Å². The van der Waals surface area contributed by atoms with Crippen LogP contribution in [0, 0.1) is 5.41 Å². The monoisotopic (exact) mass is 264 g/mol. The van der Waals surface area contributed by atoms with Gasteiger partial charge in [0.15, 0.2) is 0 Å². The number of rotatable bonds is 3. The van der Waals surface area contributed by atoms with Gasteiger partial charge in [-0.1, -0.05) is 0 Å². The van der Waals surface area contributed by atoms with Crippen LogP contribution in [0.25, 0.3) is 0 Å². The third-order valence-electron chi connectivity index (χ3n) is 2.82. The molecule has 0 N–H and O–H groups in total. The zero-order chi connectivity index (χ0) is 13.4. The second-order valence-electron chi connectivity index (χ2n) is 4.14. The number of imidazole rings is 1. The van der Waals surface area contributed by atoms with Gasteiger partial charge in [-0.3, -0.25) is 4.79 Å². The smallest absolute Gasteiger partial charge is 0.449 e. The van der Waals surface area contributed by atoms with Crippen molar-refractivity contribution in [1.82, 2.24) is 9.55 Å². The highest BCUT2D eigenvalue weighted by atomic mass is 19.4. The Bertz CT molecular complexity index is 451. The molecule has 0 amide bonds. The van der Waals surface area contributed by atoms with Crippen LogP contribution < -0.4 is 0 Å². The van der Waals surface area contributed by atoms with Crippen molar-refractivity contribution in [3.63, 3.8) is 0 Å². The number of hydrogen-bond acceptors (Lipinski definition) is 4. The van der Waals surface area contributed by atoms with Crippen molar-refractivity contribution >= 4 is 5.97 Å². The molecule has 2 heterocycles. The first kappa shape index (κ1) is 12.9. The molecular formula is C10H11F3N2O3. The van der Waals surface area contributed by atoms with E-state index in [1.807, 2.05) is 0 Å². The first-order valence-electron chi connectivity index (χ1n) is 5.13. The highest BCUT2D eigenvalue weighted by Gasteiger charge is 2.49. The standard InChI is InChI=1S/C10H11F3N2O3/c1-17-8(16)9(5-18-6-9)4-15-3-2-14-7(15)10(11,12)13/h2-3H,4-6H2,1H3. The molecule has 0 spiro atoms. The van der Waals surface area contributed by atoms with E-state index in [0.717, 1.165) is 10.8 Å². The Balaban J connectivity index is 2.24. The van der Waals surface area contributed by atoms with Crippen molar-refractivity contribution in [3.8, 4) is 0 Å². The van der Waals surface area contributed by atoms with Crippen LogP contribution >= 0.6 is 0 Å². The van der Waals surface area contributed by atoms with Gasteiger partial charge in [-0.25, -0.2) is 4.98 Å². The van der Waals surface area contributed by atoms with Gasteiger partial charge in [0.25, 0.3) is 0 Å². The van der Waals surface area contributed by atoms with E-state index in [1.54, 1.807) is 0 Å². The Morgan fingerprint density at radius 2 is 2.28 bits per heavy atom. The molecule has 0 saturated carbocycles. The Kier molecular flexibility index (Phi) is 3.05. The molecule has 0 radical (unpaired) electrons. The largest absolute Gasteiger partial charge is 0.468 e. The van der Waals surface area contributed by atoms with Gasteiger partial charge >= 0.3 is 12.1 Å². The molecule has 5 nitrogen and oxygen atoms in total. The highest BCUT2D eigenvalue weighted by molar-refractivity contribution is 5.77. The molecular weight excluding hydrogens is 253 g/mol. The average molecular weight is 264 g/mol. The molecule has 1 aliphatic heterocycles. The lowest BCUT2D eigenvalue weighted by molar-refractivity contribution is -0.188. The van der Waals surface area contributed by atoms with Gasteiger partial charge in [0.1, 0.15) is 5.41 Å². The summed E-state index contributed by atoms with van der Waals surface area (Å²) < 4.78 is 48.3. The van der Waals surface area contributed by atoms with E-state index >= 15 is 0 Å². The van der Waals surface area contributed by atoms with Crippen LogP contribution in [0.3, 0.4) is 0 Å². The SMILES string of the molecule is COC(=O)C1(Cn2ccnc2C(F)(F)F)COC1. The minimum absolute atomic E-state index is 0.0507. The minimum atomic E-state index is -4.55. The number of ether oxygens (including phenoxy) is 2. The lowest BCUT2D eigenvalue weighted by Crippen LogP contribution is -2.52. The topological polar surface area (TPSA) is 53.4 Å². The predicted octanol–water partition coefficient (Wildman–Crippen LogP) is 1.09. The first-order chi connectivity index (χ1) is 8.39. The number of carbonyl (C=O) groups excluding carboxylic acids is 1. The Hall–Kier alpha value is -1.57. The maximum Gasteiger partial charge on any atom is 0.449 e. The van der Waals surface area contributed by atoms with Crippen molar-refractivity contribution in [2.24, 2.45) is 5.41 Å². The lowest BCUT2D eigenvalue weighted by Gasteiger charge is -2.38. The molecule has 100 valence electrons. The number of carbonyl (C=O) groups is 1. The number of hydrogen-bond donors (Lipinski definition) is 0. The quantitative estimate of drug-likeness (QED) is 0.767. The minimum Gasteiger partial charge on any atom is -0.468 e. The maximum atomic E-state index is 12.6. The average Bonchev–Trinajstić information content (AvgIpc) is 2.69. The van der Waals surface area contributed by atoms with Gasteiger partial charge < -0.3 is 14.0 Å². The molecule has 8 heteroatoms. The Labute approximate surface area is 101 Å². The van der Waals surface area contributed by atoms with Gasteiger partial charge in [0.05, 0.1) is 20.3 Å². The molecule has 0 aromatic carbocycles. The Morgan fingerprint density at radius 1 is 1.61 bits per heavy atom. The van der Waals surface area contributed by atoms with Crippen LogP contribution in [0.1, 0.15) is 5.82 Å². The summed E-state index contributed by atoms with van der Waals surface area (Å²) in [6, 6.07) is 0. The van der Waals surface area contributed by atoms with Crippen LogP contribution in [-0.2, 0) is 27.0 Å². The lowest BCUT2D eigenvalue weighted by atomic mass is 9.86. The van der Waals surface area contributed by atoms with Gasteiger partial charge in [-0.15, -0.1) is 0 Å². The number of alkyl halides is 3. The van der Waals surface area contributed by atoms with Crippen molar-refractivity contribution < 1.29 is 27.4 Å². The summed E-state index contributed by atoms with van der Waals surface area (Å²) in [6.07, 6.45) is -2.31. The van der Waals surface area contributed by atoms with Crippen molar-refractivity contribution in [3.05, 3.63) is 18.2 Å². The molecule has 1 fully saturated rings. The first-order valence-corrected chi connectivity index (χ1v) is 5.13. The summed E-state index contributed by atoms with van der Waals surface area (Å²) in [4.78, 5) is 14.8. The molecule has 0 aliphatic carbocycles. The molecule has 0 atom stereocenters. The van der Waals surface area contributed by atoms with Crippen molar-refractivity contribution in [2.75, 3.05) is 20.3 Å². The maximum absolute atomic E-state index is 12.6. The molecule has 1 saturated heterocycles. The number of aromatic nitrogens is 2. The molecule has 1 aliphatic rings. The summed E-state index contributed by atoms with van der Waals surface area (Å²) in [5, 5.41) is 0. The van der Waals surface area contributed by atoms with Crippen LogP contribution in [0.2, 0.25) is 0 Å². The fraction of sp³-hybridized carbons (Fsp3) is 0.600. The van der Waals surface area contributed by atoms with Crippen molar-refractivity contribution in [1.29, 1.82) is 0 Å². The van der Waals surface area contributed by atoms with Gasteiger partial charge in [0.2, 0.25) is 5.82 Å². The highest BCUT2D eigenvalue weighted by Crippen LogP contribution is 2.34. The number of esters is 1. The van der Waals surface area contributed by atoms with E-state index in [0.29, 0.717) is 0 Å². The second kappa shape index (κ2) is 4.27. The predicted molar refractivity (Wildman–Crippen MR) is 52.5 cm³/mol. The molecule has 2 rings (SSSR count). The van der Waals surface area contributed by atoms with Crippen LogP contribution in [0.15, 0.2) is 12.4 Å². The van der Waals surface area contributed by atoms with Crippen LogP contribution in [-0.4, -0.2) is 35.8 Å². The number of methoxy groups -OCH3 is 1. The fourth-order valence-electron chi connectivity index (χ4n) is 1.86. The summed E-state index contributed by atoms with van der Waals surface area (Å²) in [5.41, 5.74) is -1.05. The molecule has 1 aromatic rings. The summed E-state index contributed by atoms with van der Waals surface area (Å²) >= 11 is 0. The van der Waals surface area contributed by atoms with Crippen molar-refractivity contribution in [2.45, 2.75) is 12.7 Å². The van der Waals surface area contributed by atoms with Crippen LogP contribution in [0.5, 0.6) is 0 Å². The normalized spacial score (nSPS) is 18.2. The van der Waals surface area contributed by atoms with Crippen LogP contribution in [0.4, 0.5) is 13.2 Å². The van der Waals surface area contributed by atoms with E-state index in [4.69, 9.17) is 4.74 Å². The zero-order valence-electron chi connectivity index (χ0n) is 9.53. The van der Waals surface area contributed by atoms with E-state index in [-0.39, 0.29) is 19.8 Å².